The van der Waals surface area contributed by atoms with Crippen molar-refractivity contribution in [1.29, 1.82) is 0 Å². The fraction of sp³-hybridized carbons (Fsp3) is 0.400. The zero-order valence-electron chi connectivity index (χ0n) is 8.95. The van der Waals surface area contributed by atoms with Crippen molar-refractivity contribution >= 4 is 28.2 Å². The number of amides is 2. The predicted octanol–water partition coefficient (Wildman–Crippen LogP) is 0.819. The largest absolute Gasteiger partial charge is 0.396 e. The fourth-order valence-electron chi connectivity index (χ4n) is 1.07. The summed E-state index contributed by atoms with van der Waals surface area (Å²) in [7, 11) is 0. The summed E-state index contributed by atoms with van der Waals surface area (Å²) in [6.07, 6.45) is 0.537. The van der Waals surface area contributed by atoms with Crippen molar-refractivity contribution in [3.8, 4) is 0 Å². The van der Waals surface area contributed by atoms with E-state index in [9.17, 15) is 9.59 Å². The Balaban J connectivity index is 2.49. The Bertz CT molecular complexity index is 376. The van der Waals surface area contributed by atoms with Gasteiger partial charge in [-0.3, -0.25) is 9.59 Å². The Morgan fingerprint density at radius 1 is 1.44 bits per heavy atom. The molecule has 0 fully saturated rings. The lowest BCUT2D eigenvalue weighted by molar-refractivity contribution is -0.114. The van der Waals surface area contributed by atoms with Gasteiger partial charge in [0.2, 0.25) is 5.91 Å². The predicted molar refractivity (Wildman–Crippen MR) is 62.7 cm³/mol. The number of aliphatic hydroxyl groups excluding tert-OH is 1. The first kappa shape index (κ1) is 12.7. The SMILES string of the molecule is CC(=O)Nc1ccc(C(=O)NCCCO)s1. The van der Waals surface area contributed by atoms with E-state index in [0.717, 1.165) is 0 Å². The molecule has 5 nitrogen and oxygen atoms in total. The van der Waals surface area contributed by atoms with Crippen molar-refractivity contribution in [2.75, 3.05) is 18.5 Å². The van der Waals surface area contributed by atoms with Crippen LogP contribution in [0.5, 0.6) is 0 Å². The van der Waals surface area contributed by atoms with Gasteiger partial charge in [0.1, 0.15) is 0 Å². The monoisotopic (exact) mass is 242 g/mol. The van der Waals surface area contributed by atoms with E-state index in [0.29, 0.717) is 22.8 Å². The first-order chi connectivity index (χ1) is 7.63. The minimum absolute atomic E-state index is 0.0574. The van der Waals surface area contributed by atoms with Gasteiger partial charge in [-0.1, -0.05) is 0 Å². The summed E-state index contributed by atoms with van der Waals surface area (Å²) in [6, 6.07) is 3.34. The fourth-order valence-corrected chi connectivity index (χ4v) is 1.94. The smallest absolute Gasteiger partial charge is 0.261 e. The molecule has 1 aromatic rings. The second-order valence-electron chi connectivity index (χ2n) is 3.18. The van der Waals surface area contributed by atoms with Crippen LogP contribution in [0.1, 0.15) is 23.0 Å². The molecule has 0 atom stereocenters. The summed E-state index contributed by atoms with van der Waals surface area (Å²) in [5.41, 5.74) is 0. The summed E-state index contributed by atoms with van der Waals surface area (Å²) >= 11 is 1.22. The van der Waals surface area contributed by atoms with E-state index in [2.05, 4.69) is 10.6 Å². The summed E-state index contributed by atoms with van der Waals surface area (Å²) in [4.78, 5) is 22.8. The zero-order valence-corrected chi connectivity index (χ0v) is 9.76. The van der Waals surface area contributed by atoms with E-state index in [1.54, 1.807) is 12.1 Å². The standard InChI is InChI=1S/C10H14N2O3S/c1-7(14)12-9-4-3-8(16-9)10(15)11-5-2-6-13/h3-4,13H,2,5-6H2,1H3,(H,11,15)(H,12,14). The molecule has 0 unspecified atom stereocenters. The molecule has 6 heteroatoms. The Labute approximate surface area is 97.5 Å². The molecule has 0 bridgehead atoms. The summed E-state index contributed by atoms with van der Waals surface area (Å²) in [6.45, 7) is 1.92. The number of aliphatic hydroxyl groups is 1. The lowest BCUT2D eigenvalue weighted by atomic mass is 10.4. The van der Waals surface area contributed by atoms with Gasteiger partial charge in [0, 0.05) is 20.1 Å². The number of rotatable bonds is 5. The van der Waals surface area contributed by atoms with Crippen LogP contribution in [0.3, 0.4) is 0 Å². The van der Waals surface area contributed by atoms with E-state index >= 15 is 0 Å². The third-order valence-electron chi connectivity index (χ3n) is 1.75. The summed E-state index contributed by atoms with van der Waals surface area (Å²) < 4.78 is 0. The average molecular weight is 242 g/mol. The highest BCUT2D eigenvalue weighted by atomic mass is 32.1. The van der Waals surface area contributed by atoms with Gasteiger partial charge in [-0.2, -0.15) is 0 Å². The van der Waals surface area contributed by atoms with Crippen LogP contribution < -0.4 is 10.6 Å². The topological polar surface area (TPSA) is 78.4 Å². The zero-order chi connectivity index (χ0) is 12.0. The van der Waals surface area contributed by atoms with Crippen LogP contribution in [0.25, 0.3) is 0 Å². The Hall–Kier alpha value is -1.40. The third kappa shape index (κ3) is 4.00. The second kappa shape index (κ2) is 6.24. The van der Waals surface area contributed by atoms with Crippen molar-refractivity contribution in [1.82, 2.24) is 5.32 Å². The van der Waals surface area contributed by atoms with Crippen LogP contribution in [-0.2, 0) is 4.79 Å². The first-order valence-corrected chi connectivity index (χ1v) is 5.71. The van der Waals surface area contributed by atoms with Gasteiger partial charge in [-0.25, -0.2) is 0 Å². The molecule has 0 aliphatic rings. The van der Waals surface area contributed by atoms with Gasteiger partial charge >= 0.3 is 0 Å². The molecule has 0 saturated carbocycles. The minimum Gasteiger partial charge on any atom is -0.396 e. The van der Waals surface area contributed by atoms with Crippen LogP contribution >= 0.6 is 11.3 Å². The molecule has 3 N–H and O–H groups in total. The maximum atomic E-state index is 11.5. The van der Waals surface area contributed by atoms with E-state index in [4.69, 9.17) is 5.11 Å². The van der Waals surface area contributed by atoms with E-state index in [1.165, 1.54) is 18.3 Å². The van der Waals surface area contributed by atoms with Gasteiger partial charge in [0.05, 0.1) is 9.88 Å². The average Bonchev–Trinajstić information content (AvgIpc) is 2.65. The molecular formula is C10H14N2O3S. The summed E-state index contributed by atoms with van der Waals surface area (Å²) in [5, 5.41) is 14.5. The van der Waals surface area contributed by atoms with Gasteiger partial charge in [0.15, 0.2) is 0 Å². The summed E-state index contributed by atoms with van der Waals surface area (Å²) in [5.74, 6) is -0.343. The highest BCUT2D eigenvalue weighted by Crippen LogP contribution is 2.21. The van der Waals surface area contributed by atoms with Gasteiger partial charge < -0.3 is 15.7 Å². The Kier molecular flexibility index (Phi) is 4.94. The molecule has 0 aliphatic heterocycles. The molecule has 0 aromatic carbocycles. The molecule has 0 spiro atoms. The molecule has 0 radical (unpaired) electrons. The molecule has 88 valence electrons. The van der Waals surface area contributed by atoms with Crippen molar-refractivity contribution in [2.45, 2.75) is 13.3 Å². The van der Waals surface area contributed by atoms with Crippen molar-refractivity contribution < 1.29 is 14.7 Å². The molecule has 0 aliphatic carbocycles. The Morgan fingerprint density at radius 2 is 2.19 bits per heavy atom. The molecule has 2 amide bonds. The molecule has 1 heterocycles. The number of nitrogens with one attached hydrogen (secondary N) is 2. The van der Waals surface area contributed by atoms with Crippen molar-refractivity contribution in [3.63, 3.8) is 0 Å². The lowest BCUT2D eigenvalue weighted by Crippen LogP contribution is -2.24. The van der Waals surface area contributed by atoms with E-state index in [1.807, 2.05) is 0 Å². The molecule has 1 aromatic heterocycles. The number of carbonyl (C=O) groups is 2. The van der Waals surface area contributed by atoms with Crippen LogP contribution in [0.2, 0.25) is 0 Å². The highest BCUT2D eigenvalue weighted by molar-refractivity contribution is 7.18. The van der Waals surface area contributed by atoms with Gasteiger partial charge in [-0.05, 0) is 18.6 Å². The number of carbonyl (C=O) groups excluding carboxylic acids is 2. The number of hydrogen-bond acceptors (Lipinski definition) is 4. The van der Waals surface area contributed by atoms with Crippen LogP contribution in [-0.4, -0.2) is 30.1 Å². The van der Waals surface area contributed by atoms with Crippen LogP contribution in [0.4, 0.5) is 5.00 Å². The van der Waals surface area contributed by atoms with Crippen LogP contribution in [0, 0.1) is 0 Å². The van der Waals surface area contributed by atoms with E-state index < -0.39 is 0 Å². The molecule has 16 heavy (non-hydrogen) atoms. The second-order valence-corrected chi connectivity index (χ2v) is 4.26. The van der Waals surface area contributed by atoms with Crippen molar-refractivity contribution in [3.05, 3.63) is 17.0 Å². The number of thiophene rings is 1. The normalized spacial score (nSPS) is 9.88. The number of anilines is 1. The number of hydrogen-bond donors (Lipinski definition) is 3. The first-order valence-electron chi connectivity index (χ1n) is 4.90. The van der Waals surface area contributed by atoms with Gasteiger partial charge in [-0.15, -0.1) is 11.3 Å². The van der Waals surface area contributed by atoms with Crippen LogP contribution in [0.15, 0.2) is 12.1 Å². The molecular weight excluding hydrogens is 228 g/mol. The minimum atomic E-state index is -0.185. The lowest BCUT2D eigenvalue weighted by Gasteiger charge is -2.00. The molecule has 1 rings (SSSR count). The van der Waals surface area contributed by atoms with E-state index in [-0.39, 0.29) is 18.4 Å². The highest BCUT2D eigenvalue weighted by Gasteiger charge is 2.08. The maximum Gasteiger partial charge on any atom is 0.261 e. The maximum absolute atomic E-state index is 11.5. The Morgan fingerprint density at radius 3 is 2.81 bits per heavy atom. The van der Waals surface area contributed by atoms with Crippen molar-refractivity contribution in [2.24, 2.45) is 0 Å². The molecule has 0 saturated heterocycles. The quantitative estimate of drug-likeness (QED) is 0.669. The van der Waals surface area contributed by atoms with Gasteiger partial charge in [0.25, 0.3) is 5.91 Å². The third-order valence-corrected chi connectivity index (χ3v) is 2.75.